The average Bonchev–Trinajstić information content (AvgIpc) is 2.29. The van der Waals surface area contributed by atoms with E-state index in [1.165, 1.54) is 12.1 Å². The van der Waals surface area contributed by atoms with Crippen LogP contribution in [0.25, 0.3) is 11.1 Å². The lowest BCUT2D eigenvalue weighted by molar-refractivity contribution is 0.483. The highest BCUT2D eigenvalue weighted by molar-refractivity contribution is 14.1. The van der Waals surface area contributed by atoms with Crippen LogP contribution in [0.4, 0.5) is 0 Å². The summed E-state index contributed by atoms with van der Waals surface area (Å²) in [4.78, 5) is -0.0910. The summed E-state index contributed by atoms with van der Waals surface area (Å²) in [6.45, 7) is 0. The quantitative estimate of drug-likeness (QED) is 0.661. The molecule has 2 aromatic carbocycles. The van der Waals surface area contributed by atoms with Crippen molar-refractivity contribution in [3.8, 4) is 11.1 Å². The van der Waals surface area contributed by atoms with Crippen LogP contribution in [-0.2, 0) is 10.1 Å². The number of halogens is 1. The standard InChI is InChI=1S/C12H9IO3S/c13-11-5-1-9(2-6-11)10-3-7-12(8-4-10)17(14,15)16/h1-8H,(H,14,15,16). The van der Waals surface area contributed by atoms with E-state index in [2.05, 4.69) is 22.6 Å². The minimum atomic E-state index is -4.11. The lowest BCUT2D eigenvalue weighted by atomic mass is 10.1. The summed E-state index contributed by atoms with van der Waals surface area (Å²) in [6.07, 6.45) is 0. The van der Waals surface area contributed by atoms with E-state index in [1.807, 2.05) is 24.3 Å². The molecule has 0 unspecified atom stereocenters. The molecular weight excluding hydrogens is 351 g/mol. The number of hydrogen-bond donors (Lipinski definition) is 1. The van der Waals surface area contributed by atoms with Crippen molar-refractivity contribution in [2.75, 3.05) is 0 Å². The smallest absolute Gasteiger partial charge is 0.282 e. The lowest BCUT2D eigenvalue weighted by Gasteiger charge is -2.03. The Balaban J connectivity index is 2.39. The molecule has 0 spiro atoms. The largest absolute Gasteiger partial charge is 0.294 e. The van der Waals surface area contributed by atoms with E-state index >= 15 is 0 Å². The van der Waals surface area contributed by atoms with Crippen molar-refractivity contribution < 1.29 is 13.0 Å². The van der Waals surface area contributed by atoms with Crippen molar-refractivity contribution in [3.63, 3.8) is 0 Å². The van der Waals surface area contributed by atoms with E-state index in [0.29, 0.717) is 0 Å². The zero-order valence-electron chi connectivity index (χ0n) is 8.67. The van der Waals surface area contributed by atoms with Crippen molar-refractivity contribution in [2.45, 2.75) is 4.90 Å². The highest BCUT2D eigenvalue weighted by atomic mass is 127. The Kier molecular flexibility index (Phi) is 3.50. The minimum absolute atomic E-state index is 0.0910. The van der Waals surface area contributed by atoms with Gasteiger partial charge in [-0.05, 0) is 58.0 Å². The summed E-state index contributed by atoms with van der Waals surface area (Å²) in [6, 6.07) is 14.0. The predicted octanol–water partition coefficient (Wildman–Crippen LogP) is 3.20. The normalized spacial score (nSPS) is 11.4. The Bertz CT molecular complexity index is 616. The molecule has 0 radical (unpaired) electrons. The Labute approximate surface area is 113 Å². The number of hydrogen-bond acceptors (Lipinski definition) is 2. The molecule has 0 aliphatic heterocycles. The Morgan fingerprint density at radius 1 is 0.824 bits per heavy atom. The maximum absolute atomic E-state index is 10.9. The minimum Gasteiger partial charge on any atom is -0.282 e. The second-order valence-corrected chi connectivity index (χ2v) is 6.17. The van der Waals surface area contributed by atoms with Gasteiger partial charge in [-0.2, -0.15) is 8.42 Å². The Morgan fingerprint density at radius 3 is 1.65 bits per heavy atom. The molecule has 1 N–H and O–H groups in total. The molecular formula is C12H9IO3S. The van der Waals surface area contributed by atoms with Crippen molar-refractivity contribution in [1.82, 2.24) is 0 Å². The molecule has 0 fully saturated rings. The molecule has 5 heteroatoms. The van der Waals surface area contributed by atoms with Gasteiger partial charge in [0.05, 0.1) is 4.90 Å². The molecule has 0 amide bonds. The topological polar surface area (TPSA) is 54.4 Å². The first-order valence-corrected chi connectivity index (χ1v) is 7.32. The van der Waals surface area contributed by atoms with Gasteiger partial charge in [-0.3, -0.25) is 4.55 Å². The molecule has 2 aromatic rings. The van der Waals surface area contributed by atoms with Gasteiger partial charge in [0.15, 0.2) is 0 Å². The molecule has 0 aromatic heterocycles. The van der Waals surface area contributed by atoms with E-state index in [9.17, 15) is 8.42 Å². The number of rotatable bonds is 2. The fourth-order valence-corrected chi connectivity index (χ4v) is 2.30. The van der Waals surface area contributed by atoms with Crippen molar-refractivity contribution in [3.05, 3.63) is 52.1 Å². The maximum atomic E-state index is 10.9. The van der Waals surface area contributed by atoms with E-state index < -0.39 is 10.1 Å². The Morgan fingerprint density at radius 2 is 1.24 bits per heavy atom. The molecule has 0 heterocycles. The molecule has 0 atom stereocenters. The second-order valence-electron chi connectivity index (χ2n) is 3.51. The van der Waals surface area contributed by atoms with Gasteiger partial charge in [-0.1, -0.05) is 24.3 Å². The summed E-state index contributed by atoms with van der Waals surface area (Å²) < 4.78 is 31.8. The molecule has 2 rings (SSSR count). The monoisotopic (exact) mass is 360 g/mol. The summed E-state index contributed by atoms with van der Waals surface area (Å²) in [5, 5.41) is 0. The van der Waals surface area contributed by atoms with E-state index in [1.54, 1.807) is 12.1 Å². The van der Waals surface area contributed by atoms with Crippen LogP contribution in [0.3, 0.4) is 0 Å². The lowest BCUT2D eigenvalue weighted by Crippen LogP contribution is -1.97. The van der Waals surface area contributed by atoms with Gasteiger partial charge in [0.1, 0.15) is 0 Å². The van der Waals surface area contributed by atoms with E-state index in [4.69, 9.17) is 4.55 Å². The molecule has 17 heavy (non-hydrogen) atoms. The van der Waals surface area contributed by atoms with Crippen LogP contribution in [0.5, 0.6) is 0 Å². The predicted molar refractivity (Wildman–Crippen MR) is 74.4 cm³/mol. The molecule has 0 bridgehead atoms. The van der Waals surface area contributed by atoms with Crippen LogP contribution in [0.2, 0.25) is 0 Å². The SMILES string of the molecule is O=S(=O)(O)c1ccc(-c2ccc(I)cc2)cc1. The maximum Gasteiger partial charge on any atom is 0.294 e. The molecule has 0 saturated carbocycles. The zero-order chi connectivity index (χ0) is 12.5. The molecule has 3 nitrogen and oxygen atoms in total. The molecule has 0 saturated heterocycles. The highest BCUT2D eigenvalue weighted by Gasteiger charge is 2.08. The van der Waals surface area contributed by atoms with Crippen molar-refractivity contribution in [2.24, 2.45) is 0 Å². The third kappa shape index (κ3) is 3.05. The van der Waals surface area contributed by atoms with Crippen LogP contribution < -0.4 is 0 Å². The third-order valence-corrected chi connectivity index (χ3v) is 3.92. The van der Waals surface area contributed by atoms with Crippen LogP contribution in [0.15, 0.2) is 53.4 Å². The van der Waals surface area contributed by atoms with Crippen LogP contribution in [0, 0.1) is 3.57 Å². The van der Waals surface area contributed by atoms with Crippen molar-refractivity contribution >= 4 is 32.7 Å². The first-order chi connectivity index (χ1) is 7.97. The molecule has 0 aliphatic rings. The van der Waals surface area contributed by atoms with Gasteiger partial charge < -0.3 is 0 Å². The average molecular weight is 360 g/mol. The summed E-state index contributed by atoms with van der Waals surface area (Å²) in [5.41, 5.74) is 1.92. The fraction of sp³-hybridized carbons (Fsp3) is 0. The van der Waals surface area contributed by atoms with Gasteiger partial charge >= 0.3 is 0 Å². The van der Waals surface area contributed by atoms with Gasteiger partial charge in [0.2, 0.25) is 0 Å². The van der Waals surface area contributed by atoms with Crippen LogP contribution in [-0.4, -0.2) is 13.0 Å². The first kappa shape index (κ1) is 12.5. The Hall–Kier alpha value is -0.920. The van der Waals surface area contributed by atoms with Gasteiger partial charge in [0.25, 0.3) is 10.1 Å². The summed E-state index contributed by atoms with van der Waals surface area (Å²) in [5.74, 6) is 0. The van der Waals surface area contributed by atoms with Crippen molar-refractivity contribution in [1.29, 1.82) is 0 Å². The van der Waals surface area contributed by atoms with Gasteiger partial charge in [0, 0.05) is 3.57 Å². The van der Waals surface area contributed by atoms with E-state index in [0.717, 1.165) is 14.7 Å². The second kappa shape index (κ2) is 4.75. The third-order valence-electron chi connectivity index (χ3n) is 2.33. The van der Waals surface area contributed by atoms with E-state index in [-0.39, 0.29) is 4.90 Å². The molecule has 0 aliphatic carbocycles. The van der Waals surface area contributed by atoms with Crippen LogP contribution in [0.1, 0.15) is 0 Å². The first-order valence-electron chi connectivity index (χ1n) is 4.80. The highest BCUT2D eigenvalue weighted by Crippen LogP contribution is 2.22. The van der Waals surface area contributed by atoms with Gasteiger partial charge in [-0.15, -0.1) is 0 Å². The van der Waals surface area contributed by atoms with Crippen LogP contribution >= 0.6 is 22.6 Å². The summed E-state index contributed by atoms with van der Waals surface area (Å²) >= 11 is 2.22. The molecule has 88 valence electrons. The number of benzene rings is 2. The van der Waals surface area contributed by atoms with Gasteiger partial charge in [-0.25, -0.2) is 0 Å². The zero-order valence-corrected chi connectivity index (χ0v) is 11.6. The summed E-state index contributed by atoms with van der Waals surface area (Å²) in [7, 11) is -4.11. The fourth-order valence-electron chi connectivity index (χ4n) is 1.46.